The minimum Gasteiger partial charge on any atom is -0.170 e. The highest BCUT2D eigenvalue weighted by molar-refractivity contribution is 6.19. The van der Waals surface area contributed by atoms with Crippen molar-refractivity contribution in [3.63, 3.8) is 0 Å². The second kappa shape index (κ2) is 3.77. The van der Waals surface area contributed by atoms with Crippen LogP contribution < -0.4 is 0 Å². The summed E-state index contributed by atoms with van der Waals surface area (Å²) in [6.07, 6.45) is -10.8. The van der Waals surface area contributed by atoms with Crippen molar-refractivity contribution in [1.82, 2.24) is 0 Å². The molecule has 0 bridgehead atoms. The van der Waals surface area contributed by atoms with Crippen LogP contribution in [0.25, 0.3) is 0 Å². The second-order valence-corrected chi connectivity index (χ2v) is 2.58. The van der Waals surface area contributed by atoms with Crippen molar-refractivity contribution in [2.75, 3.05) is 5.88 Å². The third kappa shape index (κ3) is 3.46. The predicted molar refractivity (Wildman–Crippen MR) is 35.5 cm³/mol. The van der Waals surface area contributed by atoms with E-state index in [0.29, 0.717) is 0 Å². The second-order valence-electron chi connectivity index (χ2n) is 2.31. The van der Waals surface area contributed by atoms with Crippen molar-refractivity contribution in [1.29, 1.82) is 0 Å². The van der Waals surface area contributed by atoms with Crippen molar-refractivity contribution in [3.05, 3.63) is 12.2 Å². The Balaban J connectivity index is 4.89. The van der Waals surface area contributed by atoms with Crippen molar-refractivity contribution >= 4 is 11.6 Å². The molecule has 0 aliphatic carbocycles. The summed E-state index contributed by atoms with van der Waals surface area (Å²) in [5, 5.41) is 0. The Kier molecular flexibility index (Phi) is 3.66. The van der Waals surface area contributed by atoms with E-state index in [2.05, 4.69) is 6.58 Å². The quantitative estimate of drug-likeness (QED) is 0.384. The highest BCUT2D eigenvalue weighted by Crippen LogP contribution is 2.43. The van der Waals surface area contributed by atoms with E-state index >= 15 is 0 Å². The number of allylic oxidation sites excluding steroid dienone is 1. The molecule has 0 heterocycles. The first kappa shape index (κ1) is 12.6. The Labute approximate surface area is 75.2 Å². The molecule has 0 N–H and O–H groups in total. The van der Waals surface area contributed by atoms with Gasteiger partial charge in [0.05, 0.1) is 0 Å². The van der Waals surface area contributed by atoms with Gasteiger partial charge in [0.2, 0.25) is 0 Å². The molecule has 0 nitrogen and oxygen atoms in total. The number of hydrogen-bond donors (Lipinski definition) is 0. The van der Waals surface area contributed by atoms with Gasteiger partial charge in [0.1, 0.15) is 0 Å². The lowest BCUT2D eigenvalue weighted by molar-refractivity contribution is -0.270. The molecule has 0 atom stereocenters. The molecule has 0 aliphatic rings. The Morgan fingerprint density at radius 3 is 1.46 bits per heavy atom. The predicted octanol–water partition coefficient (Wildman–Crippen LogP) is 3.52. The third-order valence-electron chi connectivity index (χ3n) is 1.23. The maximum absolute atomic E-state index is 11.8. The average molecular weight is 227 g/mol. The standard InChI is InChI=1S/C6H5ClF6/c1-3(2-7)4(5(8,9)10)6(11,12)13/h4H,1-2H2. The summed E-state index contributed by atoms with van der Waals surface area (Å²) in [6, 6.07) is 0. The lowest BCUT2D eigenvalue weighted by atomic mass is 10.0. The van der Waals surface area contributed by atoms with Crippen LogP contribution >= 0.6 is 11.6 Å². The first-order valence-electron chi connectivity index (χ1n) is 2.97. The molecular weight excluding hydrogens is 222 g/mol. The van der Waals surface area contributed by atoms with Gasteiger partial charge in [-0.15, -0.1) is 11.6 Å². The van der Waals surface area contributed by atoms with Crippen LogP contribution in [0.5, 0.6) is 0 Å². The van der Waals surface area contributed by atoms with E-state index in [0.717, 1.165) is 0 Å². The highest BCUT2D eigenvalue weighted by Gasteiger charge is 2.57. The molecule has 0 aliphatic heterocycles. The van der Waals surface area contributed by atoms with Crippen LogP contribution in [0.3, 0.4) is 0 Å². The molecule has 0 aromatic heterocycles. The van der Waals surface area contributed by atoms with Crippen LogP contribution in [0, 0.1) is 5.92 Å². The van der Waals surface area contributed by atoms with Gasteiger partial charge in [0.25, 0.3) is 0 Å². The zero-order valence-electron chi connectivity index (χ0n) is 6.14. The number of halogens is 7. The SMILES string of the molecule is C=C(CCl)C(C(F)(F)F)C(F)(F)F. The largest absolute Gasteiger partial charge is 0.404 e. The third-order valence-corrected chi connectivity index (χ3v) is 1.58. The van der Waals surface area contributed by atoms with E-state index in [1.165, 1.54) is 0 Å². The molecule has 0 fully saturated rings. The summed E-state index contributed by atoms with van der Waals surface area (Å²) >= 11 is 4.86. The van der Waals surface area contributed by atoms with Crippen LogP contribution in [0.2, 0.25) is 0 Å². The van der Waals surface area contributed by atoms with Gasteiger partial charge in [0, 0.05) is 5.88 Å². The molecule has 0 unspecified atom stereocenters. The van der Waals surface area contributed by atoms with Gasteiger partial charge in [-0.3, -0.25) is 0 Å². The lowest BCUT2D eigenvalue weighted by Gasteiger charge is -2.23. The molecule has 0 amide bonds. The van der Waals surface area contributed by atoms with E-state index in [1.54, 1.807) is 0 Å². The zero-order chi connectivity index (χ0) is 10.9. The maximum atomic E-state index is 11.8. The number of hydrogen-bond acceptors (Lipinski definition) is 0. The van der Waals surface area contributed by atoms with E-state index < -0.39 is 29.7 Å². The van der Waals surface area contributed by atoms with Gasteiger partial charge in [-0.25, -0.2) is 0 Å². The Hall–Kier alpha value is -0.390. The fourth-order valence-electron chi connectivity index (χ4n) is 0.726. The monoisotopic (exact) mass is 226 g/mol. The van der Waals surface area contributed by atoms with Gasteiger partial charge < -0.3 is 0 Å². The molecule has 78 valence electrons. The number of alkyl halides is 7. The molecular formula is C6H5ClF6. The van der Waals surface area contributed by atoms with Gasteiger partial charge in [-0.05, 0) is 5.57 Å². The first-order chi connectivity index (χ1) is 5.60. The van der Waals surface area contributed by atoms with E-state index in [-0.39, 0.29) is 0 Å². The molecule has 0 rings (SSSR count). The fourth-order valence-corrected chi connectivity index (χ4v) is 0.880. The van der Waals surface area contributed by atoms with Gasteiger partial charge >= 0.3 is 12.4 Å². The molecule has 0 aromatic rings. The first-order valence-corrected chi connectivity index (χ1v) is 3.51. The van der Waals surface area contributed by atoms with Crippen molar-refractivity contribution in [2.24, 2.45) is 5.92 Å². The van der Waals surface area contributed by atoms with Gasteiger partial charge in [0.15, 0.2) is 5.92 Å². The molecule has 0 spiro atoms. The van der Waals surface area contributed by atoms with Crippen molar-refractivity contribution < 1.29 is 26.3 Å². The van der Waals surface area contributed by atoms with Crippen molar-refractivity contribution in [2.45, 2.75) is 12.4 Å². The topological polar surface area (TPSA) is 0 Å². The molecule has 0 saturated carbocycles. The van der Waals surface area contributed by atoms with Crippen LogP contribution in [0.1, 0.15) is 0 Å². The van der Waals surface area contributed by atoms with Crippen molar-refractivity contribution in [3.8, 4) is 0 Å². The summed E-state index contributed by atoms with van der Waals surface area (Å²) in [7, 11) is 0. The summed E-state index contributed by atoms with van der Waals surface area (Å²) in [5.74, 6) is -4.40. The summed E-state index contributed by atoms with van der Waals surface area (Å²) in [4.78, 5) is 0. The minimum absolute atomic E-state index is 0.871. The van der Waals surface area contributed by atoms with Gasteiger partial charge in [-0.1, -0.05) is 6.58 Å². The summed E-state index contributed by atoms with van der Waals surface area (Å²) in [6.45, 7) is 2.63. The molecule has 0 aromatic carbocycles. The normalized spacial score (nSPS) is 13.5. The molecule has 13 heavy (non-hydrogen) atoms. The number of rotatable bonds is 2. The van der Waals surface area contributed by atoms with Crippen LogP contribution in [0.15, 0.2) is 12.2 Å². The van der Waals surface area contributed by atoms with Gasteiger partial charge in [-0.2, -0.15) is 26.3 Å². The van der Waals surface area contributed by atoms with Crippen LogP contribution in [-0.4, -0.2) is 18.2 Å². The van der Waals surface area contributed by atoms with E-state index in [1.807, 2.05) is 0 Å². The molecule has 0 saturated heterocycles. The van der Waals surface area contributed by atoms with E-state index in [9.17, 15) is 26.3 Å². The molecule has 7 heteroatoms. The minimum atomic E-state index is -5.38. The molecule has 0 radical (unpaired) electrons. The highest BCUT2D eigenvalue weighted by atomic mass is 35.5. The Bertz CT molecular complexity index is 176. The maximum Gasteiger partial charge on any atom is 0.404 e. The fraction of sp³-hybridized carbons (Fsp3) is 0.667. The summed E-state index contributed by atoms with van der Waals surface area (Å²) < 4.78 is 70.9. The lowest BCUT2D eigenvalue weighted by Crippen LogP contribution is -2.38. The van der Waals surface area contributed by atoms with E-state index in [4.69, 9.17) is 11.6 Å². The zero-order valence-corrected chi connectivity index (χ0v) is 6.89. The summed E-state index contributed by atoms with van der Waals surface area (Å²) in [5.41, 5.74) is -1.10. The Morgan fingerprint density at radius 2 is 1.38 bits per heavy atom. The van der Waals surface area contributed by atoms with Crippen LogP contribution in [0.4, 0.5) is 26.3 Å². The van der Waals surface area contributed by atoms with Crippen LogP contribution in [-0.2, 0) is 0 Å². The Morgan fingerprint density at radius 1 is 1.08 bits per heavy atom. The smallest absolute Gasteiger partial charge is 0.170 e. The average Bonchev–Trinajstić information content (AvgIpc) is 1.80.